The first-order valence-corrected chi connectivity index (χ1v) is 10.8. The van der Waals surface area contributed by atoms with Crippen molar-refractivity contribution in [3.05, 3.63) is 74.5 Å². The average molecular weight is 484 g/mol. The molecular weight excluding hydrogens is 459 g/mol. The van der Waals surface area contributed by atoms with Crippen molar-refractivity contribution >= 4 is 52.3 Å². The Kier molecular flexibility index (Phi) is 9.49. The van der Waals surface area contributed by atoms with Gasteiger partial charge in [0.25, 0.3) is 0 Å². The summed E-state index contributed by atoms with van der Waals surface area (Å²) in [6.45, 7) is 4.01. The maximum atomic E-state index is 12.4. The molecule has 0 saturated heterocycles. The highest BCUT2D eigenvalue weighted by atomic mass is 35.5. The number of allylic oxidation sites excluding steroid dienone is 2. The molecular formula is C22H25Cl3N4O2. The van der Waals surface area contributed by atoms with E-state index in [0.29, 0.717) is 51.7 Å². The number of carbonyl (C=O) groups is 2. The number of hydrogen-bond donors (Lipinski definition) is 4. The minimum Gasteiger partial charge on any atom is -0.401 e. The molecule has 0 aliphatic carbocycles. The van der Waals surface area contributed by atoms with Gasteiger partial charge in [0.1, 0.15) is 0 Å². The summed E-state index contributed by atoms with van der Waals surface area (Å²) in [5.74, 6) is -0.148. The number of nitrogens with two attached hydrogens (primary N) is 1. The zero-order valence-electron chi connectivity index (χ0n) is 17.3. The molecule has 6 nitrogen and oxygen atoms in total. The Bertz CT molecular complexity index is 937. The summed E-state index contributed by atoms with van der Waals surface area (Å²) in [4.78, 5) is 24.1. The van der Waals surface area contributed by atoms with Crippen LogP contribution in [0.25, 0.3) is 0 Å². The average Bonchev–Trinajstić information content (AvgIpc) is 2.66. The van der Waals surface area contributed by atoms with Crippen LogP contribution in [0.4, 0.5) is 10.5 Å². The van der Waals surface area contributed by atoms with Crippen molar-refractivity contribution in [3.63, 3.8) is 0 Å². The highest BCUT2D eigenvalue weighted by molar-refractivity contribution is 6.35. The third-order valence-corrected chi connectivity index (χ3v) is 5.20. The smallest absolute Gasteiger partial charge is 0.319 e. The van der Waals surface area contributed by atoms with Crippen LogP contribution >= 0.6 is 34.8 Å². The molecule has 0 aliphatic rings. The number of urea groups is 1. The molecule has 2 amide bonds. The van der Waals surface area contributed by atoms with Gasteiger partial charge < -0.3 is 21.7 Å². The van der Waals surface area contributed by atoms with E-state index in [9.17, 15) is 9.59 Å². The summed E-state index contributed by atoms with van der Waals surface area (Å²) >= 11 is 17.9. The van der Waals surface area contributed by atoms with Gasteiger partial charge in [0, 0.05) is 52.4 Å². The second-order valence-corrected chi connectivity index (χ2v) is 8.38. The molecule has 1 unspecified atom stereocenters. The Morgan fingerprint density at radius 1 is 0.935 bits per heavy atom. The number of anilines is 1. The molecule has 0 aliphatic heterocycles. The van der Waals surface area contributed by atoms with Crippen LogP contribution in [-0.4, -0.2) is 24.9 Å². The predicted molar refractivity (Wildman–Crippen MR) is 128 cm³/mol. The zero-order valence-corrected chi connectivity index (χ0v) is 19.5. The van der Waals surface area contributed by atoms with Gasteiger partial charge in [0.15, 0.2) is 5.78 Å². The largest absolute Gasteiger partial charge is 0.401 e. The van der Waals surface area contributed by atoms with Gasteiger partial charge in [-0.25, -0.2) is 4.79 Å². The quantitative estimate of drug-likeness (QED) is 0.363. The molecule has 31 heavy (non-hydrogen) atoms. The van der Waals surface area contributed by atoms with Crippen LogP contribution < -0.4 is 21.7 Å². The van der Waals surface area contributed by atoms with E-state index in [2.05, 4.69) is 16.0 Å². The van der Waals surface area contributed by atoms with E-state index < -0.39 is 0 Å². The summed E-state index contributed by atoms with van der Waals surface area (Å²) in [6.07, 6.45) is 0.648. The molecule has 2 aromatic carbocycles. The third-order valence-electron chi connectivity index (χ3n) is 4.51. The predicted octanol–water partition coefficient (Wildman–Crippen LogP) is 5.31. The molecule has 166 valence electrons. The summed E-state index contributed by atoms with van der Waals surface area (Å²) in [5, 5.41) is 10.2. The molecule has 9 heteroatoms. The second-order valence-electron chi connectivity index (χ2n) is 7.07. The second kappa shape index (κ2) is 11.8. The van der Waals surface area contributed by atoms with Gasteiger partial charge in [-0.3, -0.25) is 4.79 Å². The molecule has 0 spiro atoms. The molecule has 0 saturated carbocycles. The lowest BCUT2D eigenvalue weighted by molar-refractivity contribution is -0.114. The number of rotatable bonds is 9. The Morgan fingerprint density at radius 2 is 1.55 bits per heavy atom. The Morgan fingerprint density at radius 3 is 2.10 bits per heavy atom. The SMILES string of the molecule is CC(=O)/C(NCCC(CNC(=O)Nc1cc(Cl)cc(Cl)c1)c1ccc(Cl)cc1)=C(/C)N. The van der Waals surface area contributed by atoms with Crippen LogP contribution in [0.15, 0.2) is 53.9 Å². The number of carbonyl (C=O) groups excluding carboxylic acids is 2. The van der Waals surface area contributed by atoms with Crippen LogP contribution in [-0.2, 0) is 4.79 Å². The van der Waals surface area contributed by atoms with Crippen LogP contribution in [0.2, 0.25) is 15.1 Å². The van der Waals surface area contributed by atoms with Crippen molar-refractivity contribution in [1.29, 1.82) is 0 Å². The van der Waals surface area contributed by atoms with Crippen molar-refractivity contribution in [1.82, 2.24) is 10.6 Å². The summed E-state index contributed by atoms with van der Waals surface area (Å²) in [5.41, 5.74) is 8.12. The molecule has 2 rings (SSSR count). The first-order valence-electron chi connectivity index (χ1n) is 9.63. The maximum Gasteiger partial charge on any atom is 0.319 e. The maximum absolute atomic E-state index is 12.4. The van der Waals surface area contributed by atoms with Crippen molar-refractivity contribution < 1.29 is 9.59 Å². The minimum atomic E-state index is -0.382. The van der Waals surface area contributed by atoms with E-state index in [0.717, 1.165) is 5.56 Å². The molecule has 0 bridgehead atoms. The molecule has 0 heterocycles. The van der Waals surface area contributed by atoms with E-state index in [4.69, 9.17) is 40.5 Å². The fourth-order valence-corrected chi connectivity index (χ4v) is 3.70. The highest BCUT2D eigenvalue weighted by Crippen LogP contribution is 2.23. The lowest BCUT2D eigenvalue weighted by atomic mass is 9.95. The lowest BCUT2D eigenvalue weighted by Gasteiger charge is -2.20. The fourth-order valence-electron chi connectivity index (χ4n) is 3.05. The van der Waals surface area contributed by atoms with Crippen molar-refractivity contribution in [3.8, 4) is 0 Å². The van der Waals surface area contributed by atoms with Gasteiger partial charge in [-0.1, -0.05) is 46.9 Å². The molecule has 0 aromatic heterocycles. The molecule has 2 aromatic rings. The van der Waals surface area contributed by atoms with Gasteiger partial charge in [-0.05, 0) is 49.2 Å². The number of halogens is 3. The van der Waals surface area contributed by atoms with Crippen molar-refractivity contribution in [2.24, 2.45) is 5.73 Å². The van der Waals surface area contributed by atoms with E-state index in [1.165, 1.54) is 6.92 Å². The number of ketones is 1. The van der Waals surface area contributed by atoms with E-state index in [-0.39, 0.29) is 17.7 Å². The molecule has 5 N–H and O–H groups in total. The Balaban J connectivity index is 2.03. The first-order chi connectivity index (χ1) is 14.7. The summed E-state index contributed by atoms with van der Waals surface area (Å²) < 4.78 is 0. The van der Waals surface area contributed by atoms with Gasteiger partial charge >= 0.3 is 6.03 Å². The van der Waals surface area contributed by atoms with Crippen molar-refractivity contribution in [2.75, 3.05) is 18.4 Å². The fraction of sp³-hybridized carbons (Fsp3) is 0.273. The van der Waals surface area contributed by atoms with Gasteiger partial charge in [0.2, 0.25) is 0 Å². The summed E-state index contributed by atoms with van der Waals surface area (Å²) in [7, 11) is 0. The number of nitrogens with one attached hydrogen (secondary N) is 3. The number of hydrogen-bond acceptors (Lipinski definition) is 4. The lowest BCUT2D eigenvalue weighted by Crippen LogP contribution is -2.33. The van der Waals surface area contributed by atoms with E-state index >= 15 is 0 Å². The zero-order chi connectivity index (χ0) is 23.0. The van der Waals surface area contributed by atoms with Gasteiger partial charge in [-0.15, -0.1) is 0 Å². The molecule has 1 atom stereocenters. The standard InChI is InChI=1S/C22H25Cl3N4O2/c1-13(26)21(14(2)30)27-8-7-16(15-3-5-17(23)6-4-15)12-28-22(31)29-20-10-18(24)9-19(25)11-20/h3-6,9-11,16,27H,7-8,12,26H2,1-2H3,(H2,28,29,31)/b21-13+. The van der Waals surface area contributed by atoms with Gasteiger partial charge in [0.05, 0.1) is 5.70 Å². The highest BCUT2D eigenvalue weighted by Gasteiger charge is 2.15. The van der Waals surface area contributed by atoms with Crippen LogP contribution in [0.1, 0.15) is 31.7 Å². The van der Waals surface area contributed by atoms with Crippen molar-refractivity contribution in [2.45, 2.75) is 26.2 Å². The summed E-state index contributed by atoms with van der Waals surface area (Å²) in [6, 6.07) is 11.9. The minimum absolute atomic E-state index is 0.0234. The normalized spacial score (nSPS) is 12.5. The van der Waals surface area contributed by atoms with Crippen LogP contribution in [0.3, 0.4) is 0 Å². The number of amides is 2. The monoisotopic (exact) mass is 482 g/mol. The third kappa shape index (κ3) is 8.32. The number of benzene rings is 2. The van der Waals surface area contributed by atoms with E-state index in [1.807, 2.05) is 12.1 Å². The Labute approximate surface area is 197 Å². The first kappa shape index (κ1) is 24.9. The van der Waals surface area contributed by atoms with E-state index in [1.54, 1.807) is 37.3 Å². The molecule has 0 fully saturated rings. The van der Waals surface area contributed by atoms with Crippen LogP contribution in [0, 0.1) is 0 Å². The topological polar surface area (TPSA) is 96.2 Å². The number of Topliss-reactive ketones (excluding diaryl/α,β-unsaturated/α-hetero) is 1. The van der Waals surface area contributed by atoms with Gasteiger partial charge in [-0.2, -0.15) is 0 Å². The molecule has 0 radical (unpaired) electrons. The Hall–Kier alpha value is -2.41. The van der Waals surface area contributed by atoms with Crippen LogP contribution in [0.5, 0.6) is 0 Å².